The third kappa shape index (κ3) is 2.56. The molecule has 0 unspecified atom stereocenters. The first kappa shape index (κ1) is 11.5. The van der Waals surface area contributed by atoms with Crippen molar-refractivity contribution in [2.45, 2.75) is 5.16 Å². The van der Waals surface area contributed by atoms with E-state index in [1.54, 1.807) is 30.1 Å². The summed E-state index contributed by atoms with van der Waals surface area (Å²) in [7, 11) is 1.56. The third-order valence-electron chi connectivity index (χ3n) is 2.14. The molecule has 1 aromatic carbocycles. The molecule has 2 N–H and O–H groups in total. The molecule has 0 saturated heterocycles. The van der Waals surface area contributed by atoms with Crippen molar-refractivity contribution in [2.75, 3.05) is 12.4 Å². The van der Waals surface area contributed by atoms with Crippen LogP contribution in [0.5, 0.6) is 0 Å². The number of carbonyl (C=O) groups excluding carboxylic acids is 1. The zero-order valence-electron chi connectivity index (χ0n) is 9.08. The summed E-state index contributed by atoms with van der Waals surface area (Å²) in [6, 6.07) is 7.03. The Morgan fingerprint density at radius 3 is 2.94 bits per heavy atom. The standard InChI is InChI=1S/C10H11N5OS/c1-11-9(16)13-7-3-2-4-8(5-7)15-6-12-14-10(15)17/h2-6H,1H3,(H,14,17)(H2,11,13,16). The molecule has 17 heavy (non-hydrogen) atoms. The highest BCUT2D eigenvalue weighted by molar-refractivity contribution is 7.80. The van der Waals surface area contributed by atoms with Gasteiger partial charge >= 0.3 is 6.03 Å². The van der Waals surface area contributed by atoms with Gasteiger partial charge in [0.25, 0.3) is 0 Å². The van der Waals surface area contributed by atoms with Gasteiger partial charge in [-0.25, -0.2) is 4.79 Å². The molecule has 0 atom stereocenters. The fraction of sp³-hybridized carbons (Fsp3) is 0.100. The lowest BCUT2D eigenvalue weighted by Gasteiger charge is -2.07. The number of amides is 2. The van der Waals surface area contributed by atoms with Crippen LogP contribution in [0.3, 0.4) is 0 Å². The Labute approximate surface area is 103 Å². The maximum atomic E-state index is 11.2. The molecule has 1 heterocycles. The molecule has 2 aromatic rings. The van der Waals surface area contributed by atoms with Crippen molar-refractivity contribution in [3.8, 4) is 5.69 Å². The number of aromatic nitrogens is 3. The van der Waals surface area contributed by atoms with E-state index in [1.165, 1.54) is 0 Å². The van der Waals surface area contributed by atoms with Crippen LogP contribution >= 0.6 is 12.6 Å². The Hall–Kier alpha value is -2.02. The van der Waals surface area contributed by atoms with Gasteiger partial charge in [-0.05, 0) is 18.2 Å². The largest absolute Gasteiger partial charge is 0.341 e. The molecule has 7 heteroatoms. The summed E-state index contributed by atoms with van der Waals surface area (Å²) in [4.78, 5) is 11.2. The van der Waals surface area contributed by atoms with Crippen LogP contribution in [0.1, 0.15) is 0 Å². The quantitative estimate of drug-likeness (QED) is 0.703. The molecule has 6 nitrogen and oxygen atoms in total. The summed E-state index contributed by atoms with van der Waals surface area (Å²) in [5.41, 5.74) is 1.51. The van der Waals surface area contributed by atoms with Crippen LogP contribution in [0, 0.1) is 0 Å². The summed E-state index contributed by atoms with van der Waals surface area (Å²) in [5.74, 6) is 0. The zero-order valence-corrected chi connectivity index (χ0v) is 9.98. The van der Waals surface area contributed by atoms with Gasteiger partial charge in [0.15, 0.2) is 5.16 Å². The van der Waals surface area contributed by atoms with Gasteiger partial charge < -0.3 is 10.6 Å². The van der Waals surface area contributed by atoms with Gasteiger partial charge in [-0.15, -0.1) is 22.8 Å². The molecule has 0 fully saturated rings. The van der Waals surface area contributed by atoms with Gasteiger partial charge in [0.05, 0.1) is 5.69 Å². The minimum Gasteiger partial charge on any atom is -0.341 e. The molecular formula is C10H11N5OS. The number of thiol groups is 1. The second-order valence-corrected chi connectivity index (χ2v) is 3.66. The van der Waals surface area contributed by atoms with Crippen LogP contribution in [0.2, 0.25) is 0 Å². The van der Waals surface area contributed by atoms with E-state index in [1.807, 2.05) is 12.1 Å². The average molecular weight is 249 g/mol. The zero-order chi connectivity index (χ0) is 12.3. The topological polar surface area (TPSA) is 71.8 Å². The minimum absolute atomic E-state index is 0.267. The van der Waals surface area contributed by atoms with Gasteiger partial charge in [0.2, 0.25) is 0 Å². The number of urea groups is 1. The van der Waals surface area contributed by atoms with E-state index < -0.39 is 0 Å². The molecule has 0 aliphatic heterocycles. The van der Waals surface area contributed by atoms with Gasteiger partial charge in [-0.1, -0.05) is 6.07 Å². The van der Waals surface area contributed by atoms with Crippen molar-refractivity contribution in [1.82, 2.24) is 20.1 Å². The Morgan fingerprint density at radius 1 is 1.47 bits per heavy atom. The maximum Gasteiger partial charge on any atom is 0.318 e. The third-order valence-corrected chi connectivity index (χ3v) is 2.44. The van der Waals surface area contributed by atoms with Gasteiger partial charge in [0.1, 0.15) is 6.33 Å². The predicted molar refractivity (Wildman–Crippen MR) is 66.7 cm³/mol. The van der Waals surface area contributed by atoms with Gasteiger partial charge in [0, 0.05) is 12.7 Å². The summed E-state index contributed by atoms with van der Waals surface area (Å²) < 4.78 is 1.71. The van der Waals surface area contributed by atoms with E-state index in [-0.39, 0.29) is 6.03 Å². The van der Waals surface area contributed by atoms with E-state index in [0.29, 0.717) is 10.8 Å². The van der Waals surface area contributed by atoms with E-state index >= 15 is 0 Å². The van der Waals surface area contributed by atoms with Crippen molar-refractivity contribution in [1.29, 1.82) is 0 Å². The minimum atomic E-state index is -0.267. The number of nitrogens with zero attached hydrogens (tertiary/aromatic N) is 3. The fourth-order valence-corrected chi connectivity index (χ4v) is 1.56. The van der Waals surface area contributed by atoms with Crippen molar-refractivity contribution < 1.29 is 4.79 Å². The molecule has 0 radical (unpaired) electrons. The van der Waals surface area contributed by atoms with Crippen LogP contribution in [0.4, 0.5) is 10.5 Å². The summed E-state index contributed by atoms with van der Waals surface area (Å²) in [6.45, 7) is 0. The fourth-order valence-electron chi connectivity index (χ4n) is 1.34. The summed E-state index contributed by atoms with van der Waals surface area (Å²) >= 11 is 4.17. The SMILES string of the molecule is CNC(=O)Nc1cccc(-n2cnnc2S)c1. The predicted octanol–water partition coefficient (Wildman–Crippen LogP) is 1.31. The van der Waals surface area contributed by atoms with Gasteiger partial charge in [-0.2, -0.15) is 0 Å². The van der Waals surface area contributed by atoms with Crippen molar-refractivity contribution >= 4 is 24.3 Å². The number of rotatable bonds is 2. The Morgan fingerprint density at radius 2 is 2.29 bits per heavy atom. The molecule has 0 saturated carbocycles. The van der Waals surface area contributed by atoms with E-state index in [2.05, 4.69) is 33.5 Å². The first-order valence-electron chi connectivity index (χ1n) is 4.89. The maximum absolute atomic E-state index is 11.2. The van der Waals surface area contributed by atoms with E-state index in [4.69, 9.17) is 0 Å². The molecule has 0 bridgehead atoms. The molecule has 88 valence electrons. The monoisotopic (exact) mass is 249 g/mol. The second-order valence-electron chi connectivity index (χ2n) is 3.26. The molecule has 0 spiro atoms. The van der Waals surface area contributed by atoms with E-state index in [0.717, 1.165) is 5.69 Å². The van der Waals surface area contributed by atoms with Crippen LogP contribution < -0.4 is 10.6 Å². The highest BCUT2D eigenvalue weighted by atomic mass is 32.1. The first-order valence-corrected chi connectivity index (χ1v) is 5.33. The Bertz CT molecular complexity index is 539. The van der Waals surface area contributed by atoms with Crippen LogP contribution in [0.25, 0.3) is 5.69 Å². The number of hydrogen-bond acceptors (Lipinski definition) is 4. The normalized spacial score (nSPS) is 10.0. The van der Waals surface area contributed by atoms with Crippen molar-refractivity contribution in [3.05, 3.63) is 30.6 Å². The van der Waals surface area contributed by atoms with Crippen LogP contribution in [-0.4, -0.2) is 27.8 Å². The van der Waals surface area contributed by atoms with Crippen molar-refractivity contribution in [3.63, 3.8) is 0 Å². The molecule has 1 aromatic heterocycles. The smallest absolute Gasteiger partial charge is 0.318 e. The molecule has 0 aliphatic rings. The first-order chi connectivity index (χ1) is 8.20. The van der Waals surface area contributed by atoms with Gasteiger partial charge in [-0.3, -0.25) is 4.57 Å². The van der Waals surface area contributed by atoms with E-state index in [9.17, 15) is 4.79 Å². The van der Waals surface area contributed by atoms with Crippen molar-refractivity contribution in [2.24, 2.45) is 0 Å². The molecule has 2 rings (SSSR count). The Balaban J connectivity index is 2.29. The number of anilines is 1. The number of benzene rings is 1. The number of nitrogens with one attached hydrogen (secondary N) is 2. The average Bonchev–Trinajstić information content (AvgIpc) is 2.75. The molecular weight excluding hydrogens is 238 g/mol. The second kappa shape index (κ2) is 4.88. The molecule has 2 amide bonds. The summed E-state index contributed by atoms with van der Waals surface area (Å²) in [6.07, 6.45) is 1.56. The Kier molecular flexibility index (Phi) is 3.29. The highest BCUT2D eigenvalue weighted by Gasteiger charge is 2.04. The lowest BCUT2D eigenvalue weighted by molar-refractivity contribution is 0.254. The highest BCUT2D eigenvalue weighted by Crippen LogP contribution is 2.16. The lowest BCUT2D eigenvalue weighted by atomic mass is 10.3. The lowest BCUT2D eigenvalue weighted by Crippen LogP contribution is -2.24. The number of hydrogen-bond donors (Lipinski definition) is 3. The summed E-state index contributed by atoms with van der Waals surface area (Å²) in [5, 5.41) is 13.2. The number of carbonyl (C=O) groups is 1. The molecule has 0 aliphatic carbocycles. The van der Waals surface area contributed by atoms with Crippen LogP contribution in [0.15, 0.2) is 35.7 Å². The van der Waals surface area contributed by atoms with Crippen LogP contribution in [-0.2, 0) is 0 Å².